The number of fused-ring (bicyclic) bond motifs is 1. The first-order chi connectivity index (χ1) is 13.8. The van der Waals surface area contributed by atoms with Gasteiger partial charge in [-0.15, -0.1) is 0 Å². The van der Waals surface area contributed by atoms with Crippen LogP contribution in [0.4, 0.5) is 5.13 Å². The molecular weight excluding hydrogens is 370 g/mol. The zero-order chi connectivity index (χ0) is 18.9. The van der Waals surface area contributed by atoms with Crippen molar-refractivity contribution in [2.24, 2.45) is 0 Å². The van der Waals surface area contributed by atoms with E-state index < -0.39 is 0 Å². The topological polar surface area (TPSA) is 58.2 Å². The van der Waals surface area contributed by atoms with Crippen molar-refractivity contribution in [2.75, 3.05) is 31.2 Å². The molecule has 28 heavy (non-hydrogen) atoms. The Morgan fingerprint density at radius 2 is 1.79 bits per heavy atom. The fourth-order valence-corrected chi connectivity index (χ4v) is 4.62. The van der Waals surface area contributed by atoms with E-state index in [2.05, 4.69) is 9.88 Å². The van der Waals surface area contributed by atoms with Crippen LogP contribution in [-0.4, -0.2) is 42.1 Å². The molecule has 0 atom stereocenters. The molecule has 0 bridgehead atoms. The summed E-state index contributed by atoms with van der Waals surface area (Å²) < 4.78 is 5.46. The summed E-state index contributed by atoms with van der Waals surface area (Å²) in [6.45, 7) is 2.96. The first-order valence-corrected chi connectivity index (χ1v) is 10.1. The third-order valence-corrected chi connectivity index (χ3v) is 6.10. The number of rotatable bonds is 4. The molecule has 1 N–H and O–H groups in total. The maximum atomic E-state index is 13.5. The fourth-order valence-electron chi connectivity index (χ4n) is 3.53. The third-order valence-electron chi connectivity index (χ3n) is 4.98. The Morgan fingerprint density at radius 1 is 1.04 bits per heavy atom. The number of nitrogens with one attached hydrogen (secondary N) is 1. The van der Waals surface area contributed by atoms with Gasteiger partial charge in [0, 0.05) is 41.3 Å². The Bertz CT molecular complexity index is 1130. The second-order valence-electron chi connectivity index (χ2n) is 6.72. The Labute approximate surface area is 166 Å². The number of nitrogens with zero attached hydrogens (tertiary/aromatic N) is 2. The van der Waals surface area contributed by atoms with Gasteiger partial charge in [0.1, 0.15) is 4.88 Å². The Kier molecular flexibility index (Phi) is 4.43. The number of ketones is 1. The molecule has 140 valence electrons. The number of carbonyl (C=O) groups is 1. The quantitative estimate of drug-likeness (QED) is 0.527. The minimum absolute atomic E-state index is 0.00770. The molecular formula is C22H19N3O2S. The number of aromatic amines is 1. The SMILES string of the molecule is O=C(c1sc(N2CCOCC2)nc1-c1ccccc1)c1c[nH]c2ccccc12. The molecule has 1 aliphatic heterocycles. The van der Waals surface area contributed by atoms with Crippen molar-refractivity contribution in [1.29, 1.82) is 0 Å². The van der Waals surface area contributed by atoms with Crippen molar-refractivity contribution in [3.8, 4) is 11.3 Å². The monoisotopic (exact) mass is 389 g/mol. The molecule has 0 aliphatic carbocycles. The van der Waals surface area contributed by atoms with E-state index in [1.165, 1.54) is 11.3 Å². The van der Waals surface area contributed by atoms with E-state index in [0.29, 0.717) is 23.7 Å². The lowest BCUT2D eigenvalue weighted by Gasteiger charge is -2.26. The highest BCUT2D eigenvalue weighted by molar-refractivity contribution is 7.18. The second-order valence-corrected chi connectivity index (χ2v) is 7.69. The molecule has 2 aromatic carbocycles. The summed E-state index contributed by atoms with van der Waals surface area (Å²) in [6.07, 6.45) is 1.80. The number of carbonyl (C=O) groups excluding carboxylic acids is 1. The average Bonchev–Trinajstić information content (AvgIpc) is 3.40. The summed E-state index contributed by atoms with van der Waals surface area (Å²) in [5.41, 5.74) is 3.36. The van der Waals surface area contributed by atoms with E-state index in [4.69, 9.17) is 9.72 Å². The summed E-state index contributed by atoms with van der Waals surface area (Å²) in [5, 5.41) is 1.82. The Morgan fingerprint density at radius 3 is 2.61 bits per heavy atom. The van der Waals surface area contributed by atoms with Gasteiger partial charge in [0.2, 0.25) is 5.78 Å². The van der Waals surface area contributed by atoms with Crippen LogP contribution in [0.3, 0.4) is 0 Å². The zero-order valence-corrected chi connectivity index (χ0v) is 16.0. The number of thiazole rings is 1. The van der Waals surface area contributed by atoms with Gasteiger partial charge in [-0.05, 0) is 6.07 Å². The molecule has 1 aliphatic rings. The predicted molar refractivity (Wildman–Crippen MR) is 112 cm³/mol. The number of hydrogen-bond acceptors (Lipinski definition) is 5. The Hall–Kier alpha value is -2.96. The highest BCUT2D eigenvalue weighted by Gasteiger charge is 2.25. The number of para-hydroxylation sites is 1. The van der Waals surface area contributed by atoms with E-state index in [1.54, 1.807) is 6.20 Å². The highest BCUT2D eigenvalue weighted by Crippen LogP contribution is 2.36. The molecule has 0 saturated carbocycles. The number of aromatic nitrogens is 2. The van der Waals surface area contributed by atoms with E-state index >= 15 is 0 Å². The molecule has 5 nitrogen and oxygen atoms in total. The van der Waals surface area contributed by atoms with E-state index in [0.717, 1.165) is 40.4 Å². The molecule has 2 aromatic heterocycles. The molecule has 6 heteroatoms. The van der Waals surface area contributed by atoms with Crippen LogP contribution < -0.4 is 4.90 Å². The van der Waals surface area contributed by atoms with Gasteiger partial charge in [0.25, 0.3) is 0 Å². The van der Waals surface area contributed by atoms with Gasteiger partial charge in [-0.1, -0.05) is 59.9 Å². The van der Waals surface area contributed by atoms with Crippen LogP contribution in [0.25, 0.3) is 22.2 Å². The predicted octanol–water partition coefficient (Wildman–Crippen LogP) is 4.36. The molecule has 3 heterocycles. The smallest absolute Gasteiger partial charge is 0.207 e. The zero-order valence-electron chi connectivity index (χ0n) is 15.2. The van der Waals surface area contributed by atoms with E-state index in [-0.39, 0.29) is 5.78 Å². The normalized spacial score (nSPS) is 14.5. The highest BCUT2D eigenvalue weighted by atomic mass is 32.1. The Balaban J connectivity index is 1.62. The average molecular weight is 389 g/mol. The lowest BCUT2D eigenvalue weighted by atomic mass is 10.0. The van der Waals surface area contributed by atoms with Crippen molar-refractivity contribution in [3.63, 3.8) is 0 Å². The first kappa shape index (κ1) is 17.2. The molecule has 4 aromatic rings. The fraction of sp³-hybridized carbons (Fsp3) is 0.182. The largest absolute Gasteiger partial charge is 0.378 e. The van der Waals surface area contributed by atoms with Gasteiger partial charge < -0.3 is 14.6 Å². The number of H-pyrrole nitrogens is 1. The molecule has 1 fully saturated rings. The second kappa shape index (κ2) is 7.22. The van der Waals surface area contributed by atoms with Crippen molar-refractivity contribution < 1.29 is 9.53 Å². The molecule has 0 amide bonds. The molecule has 0 radical (unpaired) electrons. The number of ether oxygens (including phenoxy) is 1. The summed E-state index contributed by atoms with van der Waals surface area (Å²) in [5.74, 6) is 0.00770. The number of benzene rings is 2. The van der Waals surface area contributed by atoms with E-state index in [1.807, 2.05) is 54.6 Å². The lowest BCUT2D eigenvalue weighted by molar-refractivity contribution is 0.104. The van der Waals surface area contributed by atoms with Gasteiger partial charge in [0.15, 0.2) is 5.13 Å². The van der Waals surface area contributed by atoms with Crippen LogP contribution >= 0.6 is 11.3 Å². The van der Waals surface area contributed by atoms with E-state index in [9.17, 15) is 4.79 Å². The number of morpholine rings is 1. The van der Waals surface area contributed by atoms with Crippen LogP contribution in [0.2, 0.25) is 0 Å². The van der Waals surface area contributed by atoms with Crippen LogP contribution in [0.5, 0.6) is 0 Å². The first-order valence-electron chi connectivity index (χ1n) is 9.31. The molecule has 0 unspecified atom stereocenters. The summed E-state index contributed by atoms with van der Waals surface area (Å²) in [7, 11) is 0. The van der Waals surface area contributed by atoms with Crippen LogP contribution in [0, 0.1) is 0 Å². The third kappa shape index (κ3) is 3.00. The van der Waals surface area contributed by atoms with Gasteiger partial charge in [-0.3, -0.25) is 4.79 Å². The number of anilines is 1. The van der Waals surface area contributed by atoms with Gasteiger partial charge in [0.05, 0.1) is 18.9 Å². The molecule has 5 rings (SSSR count). The van der Waals surface area contributed by atoms with Crippen LogP contribution in [0.1, 0.15) is 15.2 Å². The standard InChI is InChI=1S/C22H19N3O2S/c26-20(17-14-23-18-9-5-4-8-16(17)18)21-19(15-6-2-1-3-7-15)24-22(28-21)25-10-12-27-13-11-25/h1-9,14,23H,10-13H2. The van der Waals surface area contributed by atoms with Crippen molar-refractivity contribution in [2.45, 2.75) is 0 Å². The van der Waals surface area contributed by atoms with Crippen molar-refractivity contribution >= 4 is 33.2 Å². The summed E-state index contributed by atoms with van der Waals surface area (Å²) in [6, 6.07) is 17.8. The number of hydrogen-bond donors (Lipinski definition) is 1. The van der Waals surface area contributed by atoms with Crippen LogP contribution in [-0.2, 0) is 4.74 Å². The molecule has 1 saturated heterocycles. The van der Waals surface area contributed by atoms with Crippen molar-refractivity contribution in [1.82, 2.24) is 9.97 Å². The maximum Gasteiger partial charge on any atom is 0.207 e. The minimum Gasteiger partial charge on any atom is -0.378 e. The van der Waals surface area contributed by atoms with Gasteiger partial charge in [-0.2, -0.15) is 0 Å². The van der Waals surface area contributed by atoms with Gasteiger partial charge in [-0.25, -0.2) is 4.98 Å². The minimum atomic E-state index is 0.00770. The van der Waals surface area contributed by atoms with Crippen molar-refractivity contribution in [3.05, 3.63) is 71.2 Å². The summed E-state index contributed by atoms with van der Waals surface area (Å²) in [4.78, 5) is 24.5. The molecule has 0 spiro atoms. The van der Waals surface area contributed by atoms with Gasteiger partial charge >= 0.3 is 0 Å². The maximum absolute atomic E-state index is 13.5. The lowest BCUT2D eigenvalue weighted by Crippen LogP contribution is -2.36. The van der Waals surface area contributed by atoms with Crippen LogP contribution in [0.15, 0.2) is 60.8 Å². The summed E-state index contributed by atoms with van der Waals surface area (Å²) >= 11 is 1.47.